The predicted octanol–water partition coefficient (Wildman–Crippen LogP) is 4.33. The Labute approximate surface area is 167 Å². The Morgan fingerprint density at radius 1 is 1.14 bits per heavy atom. The fraction of sp³-hybridized carbons (Fsp3) is 0.545. The minimum atomic E-state index is 0.186. The number of benzene rings is 1. The molecule has 2 aromatic heterocycles. The van der Waals surface area contributed by atoms with E-state index in [9.17, 15) is 0 Å². The number of rotatable bonds is 9. The molecule has 0 radical (unpaired) electrons. The van der Waals surface area contributed by atoms with Crippen molar-refractivity contribution in [3.05, 3.63) is 29.6 Å². The number of ether oxygens (including phenoxy) is 1. The van der Waals surface area contributed by atoms with Crippen molar-refractivity contribution in [2.24, 2.45) is 0 Å². The van der Waals surface area contributed by atoms with Gasteiger partial charge in [0.05, 0.1) is 5.52 Å². The van der Waals surface area contributed by atoms with Crippen LogP contribution in [0.3, 0.4) is 0 Å². The summed E-state index contributed by atoms with van der Waals surface area (Å²) < 4.78 is 5.50. The second kappa shape index (κ2) is 8.88. The molecule has 0 unspecified atom stereocenters. The first-order valence-electron chi connectivity index (χ1n) is 10.3. The number of anilines is 1. The Bertz CT molecular complexity index is 926. The molecule has 0 fully saturated rings. The van der Waals surface area contributed by atoms with Crippen LogP contribution < -0.4 is 11.1 Å². The van der Waals surface area contributed by atoms with Crippen molar-refractivity contribution in [3.63, 3.8) is 0 Å². The summed E-state index contributed by atoms with van der Waals surface area (Å²) in [7, 11) is 0. The number of pyridine rings is 1. The highest BCUT2D eigenvalue weighted by Gasteiger charge is 2.14. The molecule has 152 valence electrons. The number of unbranched alkanes of at least 4 members (excludes halogenated alkanes) is 2. The lowest BCUT2D eigenvalue weighted by molar-refractivity contribution is 0.129. The van der Waals surface area contributed by atoms with Gasteiger partial charge in [-0.2, -0.15) is 0 Å². The van der Waals surface area contributed by atoms with Crippen LogP contribution in [0.25, 0.3) is 21.9 Å². The maximum Gasteiger partial charge on any atom is 0.150 e. The average molecular weight is 384 g/mol. The van der Waals surface area contributed by atoms with E-state index < -0.39 is 0 Å². The minimum absolute atomic E-state index is 0.186. The van der Waals surface area contributed by atoms with Crippen molar-refractivity contribution in [1.82, 2.24) is 20.3 Å². The van der Waals surface area contributed by atoms with Gasteiger partial charge in [0.15, 0.2) is 0 Å². The molecule has 0 spiro atoms. The lowest BCUT2D eigenvalue weighted by Crippen LogP contribution is -2.36. The summed E-state index contributed by atoms with van der Waals surface area (Å²) >= 11 is 0. The fourth-order valence-electron chi connectivity index (χ4n) is 3.48. The summed E-state index contributed by atoms with van der Waals surface area (Å²) in [6.45, 7) is 10.8. The number of H-pyrrole nitrogens is 1. The van der Waals surface area contributed by atoms with E-state index in [1.165, 1.54) is 18.4 Å². The number of hydrogen-bond acceptors (Lipinski definition) is 5. The van der Waals surface area contributed by atoms with Crippen molar-refractivity contribution in [2.75, 3.05) is 18.9 Å². The second-order valence-corrected chi connectivity index (χ2v) is 8.34. The zero-order valence-corrected chi connectivity index (χ0v) is 17.6. The number of nitrogens with two attached hydrogens (primary N) is 1. The maximum atomic E-state index is 6.17. The van der Waals surface area contributed by atoms with E-state index in [1.54, 1.807) is 0 Å². The van der Waals surface area contributed by atoms with Gasteiger partial charge in [-0.1, -0.05) is 18.6 Å². The fourth-order valence-corrected chi connectivity index (χ4v) is 3.48. The molecule has 0 amide bonds. The number of aromatic nitrogens is 3. The minimum Gasteiger partial charge on any atom is -0.382 e. The molecular formula is C22H33N5O. The molecule has 4 N–H and O–H groups in total. The van der Waals surface area contributed by atoms with E-state index in [4.69, 9.17) is 15.5 Å². The Morgan fingerprint density at radius 3 is 2.71 bits per heavy atom. The lowest BCUT2D eigenvalue weighted by Gasteiger charge is -2.20. The van der Waals surface area contributed by atoms with Crippen molar-refractivity contribution >= 4 is 27.8 Å². The second-order valence-electron chi connectivity index (χ2n) is 8.34. The normalized spacial score (nSPS) is 12.3. The molecule has 0 aliphatic rings. The molecule has 28 heavy (non-hydrogen) atoms. The molecule has 0 aliphatic carbocycles. The number of fused-ring (bicyclic) bond motifs is 3. The number of imidazole rings is 1. The molecule has 0 saturated heterocycles. The zero-order valence-electron chi connectivity index (χ0n) is 17.6. The highest BCUT2D eigenvalue weighted by molar-refractivity contribution is 6.07. The van der Waals surface area contributed by atoms with Crippen molar-refractivity contribution in [3.8, 4) is 0 Å². The molecule has 3 aromatic rings. The van der Waals surface area contributed by atoms with Crippen LogP contribution >= 0.6 is 0 Å². The third kappa shape index (κ3) is 5.00. The van der Waals surface area contributed by atoms with Gasteiger partial charge in [0.1, 0.15) is 29.3 Å². The molecule has 0 aliphatic heterocycles. The number of aryl methyl sites for hydroxylation is 1. The topological polar surface area (TPSA) is 88.8 Å². The Balaban J connectivity index is 1.77. The smallest absolute Gasteiger partial charge is 0.150 e. The zero-order chi connectivity index (χ0) is 20.1. The molecule has 0 saturated carbocycles. The van der Waals surface area contributed by atoms with Crippen LogP contribution in [0.5, 0.6) is 0 Å². The van der Waals surface area contributed by atoms with Gasteiger partial charge in [-0.15, -0.1) is 0 Å². The molecule has 6 nitrogen and oxygen atoms in total. The maximum absolute atomic E-state index is 6.17. The van der Waals surface area contributed by atoms with Gasteiger partial charge in [-0.05, 0) is 65.1 Å². The first-order valence-corrected chi connectivity index (χ1v) is 10.3. The van der Waals surface area contributed by atoms with Gasteiger partial charge in [0.2, 0.25) is 0 Å². The number of hydrogen-bond donors (Lipinski definition) is 3. The van der Waals surface area contributed by atoms with E-state index in [-0.39, 0.29) is 5.54 Å². The first-order chi connectivity index (χ1) is 13.4. The summed E-state index contributed by atoms with van der Waals surface area (Å²) in [6.07, 6.45) is 4.54. The van der Waals surface area contributed by atoms with Gasteiger partial charge in [-0.25, -0.2) is 9.97 Å². The standard InChI is InChI=1S/C22H33N5O/c1-5-28-14-17-26-19-18-15(10-7-6-8-13-24-22(2,3)4)11-9-12-16(18)25-21(23)20(19)27-17/h9,11-12,24H,5-8,10,13-14H2,1-4H3,(H2,23,25)(H,26,27). The Kier molecular flexibility index (Phi) is 6.52. The molecular weight excluding hydrogens is 350 g/mol. The number of nitrogen functional groups attached to an aromatic ring is 1. The van der Waals surface area contributed by atoms with Crippen LogP contribution in [-0.4, -0.2) is 33.6 Å². The van der Waals surface area contributed by atoms with E-state index >= 15 is 0 Å². The van der Waals surface area contributed by atoms with Gasteiger partial charge in [-0.3, -0.25) is 0 Å². The molecule has 0 atom stereocenters. The number of nitrogens with zero attached hydrogens (tertiary/aromatic N) is 2. The van der Waals surface area contributed by atoms with E-state index in [2.05, 4.69) is 48.2 Å². The summed E-state index contributed by atoms with van der Waals surface area (Å²) in [5, 5.41) is 4.66. The largest absolute Gasteiger partial charge is 0.382 e. The SMILES string of the molecule is CCOCc1nc2c([nH]1)c(N)nc1cccc(CCCCCNC(C)(C)C)c12. The summed E-state index contributed by atoms with van der Waals surface area (Å²) in [5.74, 6) is 1.28. The van der Waals surface area contributed by atoms with Gasteiger partial charge in [0.25, 0.3) is 0 Å². The molecule has 2 heterocycles. The average Bonchev–Trinajstić information content (AvgIpc) is 3.06. The van der Waals surface area contributed by atoms with Crippen LogP contribution in [0.4, 0.5) is 5.82 Å². The third-order valence-corrected chi connectivity index (χ3v) is 4.84. The highest BCUT2D eigenvalue weighted by atomic mass is 16.5. The number of nitrogens with one attached hydrogen (secondary N) is 2. The molecule has 1 aromatic carbocycles. The quantitative estimate of drug-likeness (QED) is 0.479. The van der Waals surface area contributed by atoms with Crippen molar-refractivity contribution < 1.29 is 4.74 Å². The highest BCUT2D eigenvalue weighted by Crippen LogP contribution is 2.30. The van der Waals surface area contributed by atoms with Gasteiger partial charge < -0.3 is 20.8 Å². The number of aromatic amines is 1. The monoisotopic (exact) mass is 383 g/mol. The molecule has 3 rings (SSSR count). The van der Waals surface area contributed by atoms with Crippen LogP contribution in [0.15, 0.2) is 18.2 Å². The molecule has 0 bridgehead atoms. The first kappa shape index (κ1) is 20.6. The van der Waals surface area contributed by atoms with E-state index in [0.717, 1.165) is 47.1 Å². The lowest BCUT2D eigenvalue weighted by atomic mass is 10.0. The van der Waals surface area contributed by atoms with Crippen LogP contribution in [-0.2, 0) is 17.8 Å². The van der Waals surface area contributed by atoms with Crippen molar-refractivity contribution in [2.45, 2.75) is 65.5 Å². The van der Waals surface area contributed by atoms with E-state index in [1.807, 2.05) is 13.0 Å². The Hall–Kier alpha value is -2.18. The summed E-state index contributed by atoms with van der Waals surface area (Å²) in [4.78, 5) is 12.7. The predicted molar refractivity (Wildman–Crippen MR) is 116 cm³/mol. The summed E-state index contributed by atoms with van der Waals surface area (Å²) in [5.41, 5.74) is 10.3. The van der Waals surface area contributed by atoms with E-state index in [0.29, 0.717) is 19.0 Å². The van der Waals surface area contributed by atoms with Crippen molar-refractivity contribution in [1.29, 1.82) is 0 Å². The molecule has 6 heteroatoms. The van der Waals surface area contributed by atoms with Crippen LogP contribution in [0.1, 0.15) is 58.3 Å². The Morgan fingerprint density at radius 2 is 1.96 bits per heavy atom. The van der Waals surface area contributed by atoms with Gasteiger partial charge >= 0.3 is 0 Å². The third-order valence-electron chi connectivity index (χ3n) is 4.84. The van der Waals surface area contributed by atoms with Crippen LogP contribution in [0, 0.1) is 0 Å². The van der Waals surface area contributed by atoms with Gasteiger partial charge in [0, 0.05) is 17.5 Å². The summed E-state index contributed by atoms with van der Waals surface area (Å²) in [6, 6.07) is 6.26. The van der Waals surface area contributed by atoms with Crippen LogP contribution in [0.2, 0.25) is 0 Å².